The molecule has 2 aromatic heterocycles. The van der Waals surface area contributed by atoms with Crippen molar-refractivity contribution in [3.63, 3.8) is 0 Å². The quantitative estimate of drug-likeness (QED) is 0.722. The van der Waals surface area contributed by atoms with Gasteiger partial charge in [0.05, 0.1) is 0 Å². The van der Waals surface area contributed by atoms with E-state index in [0.717, 1.165) is 0 Å². The summed E-state index contributed by atoms with van der Waals surface area (Å²) in [7, 11) is 0. The summed E-state index contributed by atoms with van der Waals surface area (Å²) < 4.78 is 26.9. The predicted molar refractivity (Wildman–Crippen MR) is 73.5 cm³/mol. The van der Waals surface area contributed by atoms with Crippen LogP contribution in [-0.2, 0) is 0 Å². The first-order valence-corrected chi connectivity index (χ1v) is 6.18. The van der Waals surface area contributed by atoms with Crippen LogP contribution in [0.4, 0.5) is 8.78 Å². The van der Waals surface area contributed by atoms with Crippen LogP contribution in [0.25, 0.3) is 22.4 Å². The molecule has 0 radical (unpaired) electrons. The van der Waals surface area contributed by atoms with Crippen LogP contribution < -0.4 is 5.73 Å². The van der Waals surface area contributed by atoms with Crippen molar-refractivity contribution in [1.29, 1.82) is 0 Å². The summed E-state index contributed by atoms with van der Waals surface area (Å²) in [5.74, 6) is -2.02. The van der Waals surface area contributed by atoms with Gasteiger partial charge in [-0.15, -0.1) is 0 Å². The largest absolute Gasteiger partial charge is 0.364 e. The van der Waals surface area contributed by atoms with Gasteiger partial charge >= 0.3 is 0 Å². The summed E-state index contributed by atoms with van der Waals surface area (Å²) in [6, 6.07) is 6.90. The van der Waals surface area contributed by atoms with Crippen LogP contribution in [0.3, 0.4) is 0 Å². The molecule has 0 aliphatic rings. The molecule has 110 valence electrons. The number of nitrogens with two attached hydrogens (primary N) is 1. The second-order valence-electron chi connectivity index (χ2n) is 4.45. The Morgan fingerprint density at radius 2 is 1.86 bits per heavy atom. The molecule has 3 N–H and O–H groups in total. The Kier molecular flexibility index (Phi) is 3.34. The van der Waals surface area contributed by atoms with Crippen molar-refractivity contribution >= 4 is 5.91 Å². The second kappa shape index (κ2) is 5.32. The topological polar surface area (TPSA) is 97.6 Å². The number of primary amides is 1. The van der Waals surface area contributed by atoms with Gasteiger partial charge < -0.3 is 5.73 Å². The van der Waals surface area contributed by atoms with Gasteiger partial charge in [0.25, 0.3) is 5.91 Å². The number of carbonyl (C=O) groups is 1. The van der Waals surface area contributed by atoms with E-state index in [1.807, 2.05) is 0 Å². The van der Waals surface area contributed by atoms with Gasteiger partial charge in [-0.3, -0.25) is 4.79 Å². The molecule has 0 saturated heterocycles. The maximum atomic E-state index is 14.0. The summed E-state index contributed by atoms with van der Waals surface area (Å²) in [6.45, 7) is 0. The molecule has 1 amide bonds. The average Bonchev–Trinajstić information content (AvgIpc) is 2.98. The molecule has 0 fully saturated rings. The third-order valence-corrected chi connectivity index (χ3v) is 3.06. The van der Waals surface area contributed by atoms with Gasteiger partial charge in [-0.2, -0.15) is 19.8 Å². The number of amides is 1. The standard InChI is InChI=1S/C14H9F2N5O/c15-10-3-1-7(8-2-4-11(16)18-6-8)5-9(10)12-13(14(17)22)20-21-19-12/h1-6H,(H2,17,22)(H,19,20,21). The molecule has 6 nitrogen and oxygen atoms in total. The van der Waals surface area contributed by atoms with Crippen LogP contribution >= 0.6 is 0 Å². The molecule has 3 rings (SSSR count). The molecular formula is C14H9F2N5O. The minimum Gasteiger partial charge on any atom is -0.364 e. The highest BCUT2D eigenvalue weighted by atomic mass is 19.1. The number of aromatic nitrogens is 4. The first-order valence-electron chi connectivity index (χ1n) is 6.18. The highest BCUT2D eigenvalue weighted by molar-refractivity contribution is 5.97. The van der Waals surface area contributed by atoms with E-state index in [2.05, 4.69) is 20.4 Å². The number of benzene rings is 1. The Morgan fingerprint density at radius 1 is 1.09 bits per heavy atom. The summed E-state index contributed by atoms with van der Waals surface area (Å²) >= 11 is 0. The first kappa shape index (κ1) is 13.8. The molecule has 8 heteroatoms. The van der Waals surface area contributed by atoms with Crippen molar-refractivity contribution in [3.05, 3.63) is 54.0 Å². The summed E-state index contributed by atoms with van der Waals surface area (Å²) in [5.41, 5.74) is 6.27. The van der Waals surface area contributed by atoms with Gasteiger partial charge in [-0.25, -0.2) is 9.37 Å². The highest BCUT2D eigenvalue weighted by Crippen LogP contribution is 2.28. The number of hydrogen-bond acceptors (Lipinski definition) is 4. The van der Waals surface area contributed by atoms with Crippen molar-refractivity contribution < 1.29 is 13.6 Å². The highest BCUT2D eigenvalue weighted by Gasteiger charge is 2.19. The van der Waals surface area contributed by atoms with Gasteiger partial charge in [0.2, 0.25) is 5.95 Å². The zero-order valence-corrected chi connectivity index (χ0v) is 11.0. The molecule has 3 aromatic rings. The van der Waals surface area contributed by atoms with E-state index in [1.54, 1.807) is 0 Å². The lowest BCUT2D eigenvalue weighted by Gasteiger charge is -2.05. The molecule has 2 heterocycles. The maximum Gasteiger partial charge on any atom is 0.271 e. The monoisotopic (exact) mass is 301 g/mol. The number of H-pyrrole nitrogens is 1. The minimum atomic E-state index is -0.822. The van der Waals surface area contributed by atoms with Crippen molar-refractivity contribution in [2.24, 2.45) is 5.73 Å². The third-order valence-electron chi connectivity index (χ3n) is 3.06. The Morgan fingerprint density at radius 3 is 2.55 bits per heavy atom. The molecule has 0 aliphatic heterocycles. The minimum absolute atomic E-state index is 0.0157. The Balaban J connectivity index is 2.13. The van der Waals surface area contributed by atoms with Crippen LogP contribution in [-0.4, -0.2) is 26.3 Å². The maximum absolute atomic E-state index is 14.0. The first-order chi connectivity index (χ1) is 10.6. The van der Waals surface area contributed by atoms with Crippen LogP contribution in [0.1, 0.15) is 10.5 Å². The molecule has 0 aliphatic carbocycles. The van der Waals surface area contributed by atoms with E-state index < -0.39 is 17.7 Å². The number of rotatable bonds is 3. The van der Waals surface area contributed by atoms with E-state index in [4.69, 9.17) is 5.73 Å². The number of pyridine rings is 1. The molecule has 0 saturated carbocycles. The van der Waals surface area contributed by atoms with E-state index in [-0.39, 0.29) is 17.0 Å². The van der Waals surface area contributed by atoms with Gasteiger partial charge in [0, 0.05) is 17.3 Å². The lowest BCUT2D eigenvalue weighted by molar-refractivity contribution is 0.0996. The SMILES string of the molecule is NC(=O)c1n[nH]nc1-c1cc(-c2ccc(F)nc2)ccc1F. The molecule has 0 bridgehead atoms. The Labute approximate surface area is 123 Å². The van der Waals surface area contributed by atoms with Gasteiger partial charge in [0.15, 0.2) is 5.69 Å². The van der Waals surface area contributed by atoms with Crippen LogP contribution in [0, 0.1) is 11.8 Å². The molecule has 0 unspecified atom stereocenters. The van der Waals surface area contributed by atoms with Crippen molar-refractivity contribution in [2.75, 3.05) is 0 Å². The second-order valence-corrected chi connectivity index (χ2v) is 4.45. The summed E-state index contributed by atoms with van der Waals surface area (Å²) in [4.78, 5) is 14.8. The molecule has 0 spiro atoms. The zero-order valence-electron chi connectivity index (χ0n) is 11.0. The third kappa shape index (κ3) is 2.41. The number of carbonyl (C=O) groups excluding carboxylic acids is 1. The normalized spacial score (nSPS) is 10.6. The molecular weight excluding hydrogens is 292 g/mol. The number of hydrogen-bond donors (Lipinski definition) is 2. The summed E-state index contributed by atoms with van der Waals surface area (Å²) in [6.07, 6.45) is 1.32. The number of nitrogens with zero attached hydrogens (tertiary/aromatic N) is 3. The van der Waals surface area contributed by atoms with Gasteiger partial charge in [0.1, 0.15) is 11.5 Å². The van der Waals surface area contributed by atoms with Crippen molar-refractivity contribution in [3.8, 4) is 22.4 Å². The fourth-order valence-electron chi connectivity index (χ4n) is 2.02. The fourth-order valence-corrected chi connectivity index (χ4v) is 2.02. The smallest absolute Gasteiger partial charge is 0.271 e. The lowest BCUT2D eigenvalue weighted by Crippen LogP contribution is -2.13. The number of halogens is 2. The number of nitrogens with one attached hydrogen (secondary N) is 1. The number of aromatic amines is 1. The van der Waals surface area contributed by atoms with E-state index in [9.17, 15) is 13.6 Å². The fraction of sp³-hybridized carbons (Fsp3) is 0. The van der Waals surface area contributed by atoms with E-state index in [0.29, 0.717) is 11.1 Å². The lowest BCUT2D eigenvalue weighted by atomic mass is 10.0. The van der Waals surface area contributed by atoms with Crippen LogP contribution in [0.15, 0.2) is 36.5 Å². The van der Waals surface area contributed by atoms with Crippen molar-refractivity contribution in [2.45, 2.75) is 0 Å². The Bertz CT molecular complexity index is 845. The molecule has 1 aromatic carbocycles. The molecule has 22 heavy (non-hydrogen) atoms. The van der Waals surface area contributed by atoms with Crippen LogP contribution in [0.2, 0.25) is 0 Å². The van der Waals surface area contributed by atoms with Gasteiger partial charge in [-0.05, 0) is 29.8 Å². The van der Waals surface area contributed by atoms with Gasteiger partial charge in [-0.1, -0.05) is 6.07 Å². The van der Waals surface area contributed by atoms with E-state index >= 15 is 0 Å². The molecule has 0 atom stereocenters. The zero-order chi connectivity index (χ0) is 15.7. The average molecular weight is 301 g/mol. The van der Waals surface area contributed by atoms with E-state index in [1.165, 1.54) is 36.5 Å². The summed E-state index contributed by atoms with van der Waals surface area (Å²) in [5, 5.41) is 9.62. The van der Waals surface area contributed by atoms with Crippen LogP contribution in [0.5, 0.6) is 0 Å². The Hall–Kier alpha value is -3.16. The van der Waals surface area contributed by atoms with Crippen molar-refractivity contribution in [1.82, 2.24) is 20.4 Å². The predicted octanol–water partition coefficient (Wildman–Crippen LogP) is 1.91.